The van der Waals surface area contributed by atoms with Gasteiger partial charge in [0.05, 0.1) is 0 Å². The van der Waals surface area contributed by atoms with E-state index in [4.69, 9.17) is 9.84 Å². The Labute approximate surface area is 89.5 Å². The molecule has 84 valence electrons. The maximum atomic E-state index is 11.7. The summed E-state index contributed by atoms with van der Waals surface area (Å²) >= 11 is 0. The van der Waals surface area contributed by atoms with Crippen LogP contribution >= 0.6 is 0 Å². The molecule has 0 aliphatic rings. The fourth-order valence-corrected chi connectivity index (χ4v) is 1.27. The fourth-order valence-electron chi connectivity index (χ4n) is 1.27. The van der Waals surface area contributed by atoms with Gasteiger partial charge in [-0.25, -0.2) is 4.79 Å². The Balaban J connectivity index is 2.92. The highest BCUT2D eigenvalue weighted by Crippen LogP contribution is 2.14. The number of aromatic nitrogens is 1. The molecule has 1 heterocycles. The van der Waals surface area contributed by atoms with Gasteiger partial charge in [0, 0.05) is 5.69 Å². The molecule has 0 atom stereocenters. The molecule has 0 aliphatic carbocycles. The first kappa shape index (κ1) is 11.8. The normalized spacial score (nSPS) is 11.5. The minimum Gasteiger partial charge on any atom is -0.455 e. The van der Waals surface area contributed by atoms with Crippen molar-refractivity contribution in [1.29, 1.82) is 0 Å². The number of aliphatic hydroxyl groups is 1. The summed E-state index contributed by atoms with van der Waals surface area (Å²) in [5, 5.41) is 9.09. The standard InChI is InChI=1S/C11H17NO3/c1-8-5-6-9(12(8)7-13)10(14)15-11(2,3)4/h5-6,13H,7H2,1-4H3. The van der Waals surface area contributed by atoms with Gasteiger partial charge in [0.15, 0.2) is 0 Å². The van der Waals surface area contributed by atoms with Crippen LogP contribution < -0.4 is 0 Å². The van der Waals surface area contributed by atoms with Crippen LogP contribution in [0.25, 0.3) is 0 Å². The van der Waals surface area contributed by atoms with Crippen molar-refractivity contribution in [2.75, 3.05) is 0 Å². The number of hydrogen-bond acceptors (Lipinski definition) is 3. The van der Waals surface area contributed by atoms with Gasteiger partial charge in [0.2, 0.25) is 0 Å². The van der Waals surface area contributed by atoms with E-state index < -0.39 is 11.6 Å². The Bertz CT molecular complexity index is 360. The van der Waals surface area contributed by atoms with Gasteiger partial charge < -0.3 is 14.4 Å². The van der Waals surface area contributed by atoms with Crippen molar-refractivity contribution in [3.05, 3.63) is 23.5 Å². The lowest BCUT2D eigenvalue weighted by molar-refractivity contribution is 0.00499. The summed E-state index contributed by atoms with van der Waals surface area (Å²) in [6.45, 7) is 7.04. The average Bonchev–Trinajstić information content (AvgIpc) is 2.43. The summed E-state index contributed by atoms with van der Waals surface area (Å²) in [7, 11) is 0. The van der Waals surface area contributed by atoms with Crippen LogP contribution in [0.2, 0.25) is 0 Å². The molecule has 1 N–H and O–H groups in total. The van der Waals surface area contributed by atoms with E-state index in [2.05, 4.69) is 0 Å². The highest BCUT2D eigenvalue weighted by atomic mass is 16.6. The first-order valence-corrected chi connectivity index (χ1v) is 4.85. The fraction of sp³-hybridized carbons (Fsp3) is 0.545. The molecule has 0 unspecified atom stereocenters. The van der Waals surface area contributed by atoms with E-state index in [1.165, 1.54) is 4.57 Å². The molecule has 0 amide bonds. The van der Waals surface area contributed by atoms with E-state index in [0.717, 1.165) is 5.69 Å². The number of esters is 1. The van der Waals surface area contributed by atoms with E-state index in [9.17, 15) is 4.79 Å². The molecule has 0 aliphatic heterocycles. The van der Waals surface area contributed by atoms with Crippen molar-refractivity contribution < 1.29 is 14.6 Å². The molecule has 1 rings (SSSR count). The summed E-state index contributed by atoms with van der Waals surface area (Å²) < 4.78 is 6.72. The second-order valence-corrected chi connectivity index (χ2v) is 4.43. The van der Waals surface area contributed by atoms with Crippen LogP contribution in [0.3, 0.4) is 0 Å². The summed E-state index contributed by atoms with van der Waals surface area (Å²) in [5.41, 5.74) is 0.693. The number of carbonyl (C=O) groups is 1. The Kier molecular flexibility index (Phi) is 3.19. The molecule has 1 aromatic rings. The summed E-state index contributed by atoms with van der Waals surface area (Å²) in [4.78, 5) is 11.7. The van der Waals surface area contributed by atoms with Crippen LogP contribution in [-0.2, 0) is 11.5 Å². The first-order chi connectivity index (χ1) is 6.85. The molecule has 0 radical (unpaired) electrons. The van der Waals surface area contributed by atoms with Gasteiger partial charge in [-0.05, 0) is 39.8 Å². The third-order valence-electron chi connectivity index (χ3n) is 1.95. The lowest BCUT2D eigenvalue weighted by Gasteiger charge is -2.20. The van der Waals surface area contributed by atoms with E-state index >= 15 is 0 Å². The zero-order valence-electron chi connectivity index (χ0n) is 9.57. The minimum atomic E-state index is -0.518. The zero-order valence-corrected chi connectivity index (χ0v) is 9.57. The molecule has 0 saturated heterocycles. The van der Waals surface area contributed by atoms with Gasteiger partial charge >= 0.3 is 5.97 Å². The number of nitrogens with zero attached hydrogens (tertiary/aromatic N) is 1. The Hall–Kier alpha value is -1.29. The predicted molar refractivity (Wildman–Crippen MR) is 56.6 cm³/mol. The van der Waals surface area contributed by atoms with E-state index in [1.54, 1.807) is 12.1 Å². The largest absolute Gasteiger partial charge is 0.455 e. The minimum absolute atomic E-state index is 0.215. The summed E-state index contributed by atoms with van der Waals surface area (Å²) in [6.07, 6.45) is 0. The Morgan fingerprint density at radius 2 is 2.07 bits per heavy atom. The summed E-state index contributed by atoms with van der Waals surface area (Å²) in [6, 6.07) is 3.43. The van der Waals surface area contributed by atoms with Crippen molar-refractivity contribution in [2.45, 2.75) is 40.0 Å². The average molecular weight is 211 g/mol. The van der Waals surface area contributed by atoms with Gasteiger partial charge in [0.25, 0.3) is 0 Å². The lowest BCUT2D eigenvalue weighted by atomic mass is 10.2. The van der Waals surface area contributed by atoms with Crippen molar-refractivity contribution in [1.82, 2.24) is 4.57 Å². The number of ether oxygens (including phenoxy) is 1. The van der Waals surface area contributed by atoms with Crippen LogP contribution in [0.15, 0.2) is 12.1 Å². The van der Waals surface area contributed by atoms with Crippen molar-refractivity contribution in [3.63, 3.8) is 0 Å². The molecule has 0 bridgehead atoms. The smallest absolute Gasteiger partial charge is 0.355 e. The summed E-state index contributed by atoms with van der Waals surface area (Å²) in [5.74, 6) is -0.412. The van der Waals surface area contributed by atoms with Crippen LogP contribution in [0.4, 0.5) is 0 Å². The second-order valence-electron chi connectivity index (χ2n) is 4.43. The number of aliphatic hydroxyl groups excluding tert-OH is 1. The van der Waals surface area contributed by atoms with Gasteiger partial charge in [-0.3, -0.25) is 0 Å². The maximum absolute atomic E-state index is 11.7. The van der Waals surface area contributed by atoms with Crippen LogP contribution in [-0.4, -0.2) is 21.2 Å². The highest BCUT2D eigenvalue weighted by Gasteiger charge is 2.20. The molecular weight excluding hydrogens is 194 g/mol. The van der Waals surface area contributed by atoms with Crippen molar-refractivity contribution in [3.8, 4) is 0 Å². The molecule has 4 heteroatoms. The third-order valence-corrected chi connectivity index (χ3v) is 1.95. The van der Waals surface area contributed by atoms with Crippen molar-refractivity contribution >= 4 is 5.97 Å². The van der Waals surface area contributed by atoms with Gasteiger partial charge in [-0.15, -0.1) is 0 Å². The van der Waals surface area contributed by atoms with Gasteiger partial charge in [-0.2, -0.15) is 0 Å². The van der Waals surface area contributed by atoms with E-state index in [1.807, 2.05) is 27.7 Å². The molecule has 1 aromatic heterocycles. The molecule has 0 fully saturated rings. The van der Waals surface area contributed by atoms with Crippen molar-refractivity contribution in [2.24, 2.45) is 0 Å². The van der Waals surface area contributed by atoms with E-state index in [0.29, 0.717) is 5.69 Å². The predicted octanol–water partition coefficient (Wildman–Crippen LogP) is 1.70. The number of aryl methyl sites for hydroxylation is 1. The van der Waals surface area contributed by atoms with Crippen LogP contribution in [0.5, 0.6) is 0 Å². The van der Waals surface area contributed by atoms with Crippen LogP contribution in [0.1, 0.15) is 37.0 Å². The molecule has 4 nitrogen and oxygen atoms in total. The first-order valence-electron chi connectivity index (χ1n) is 4.85. The van der Waals surface area contributed by atoms with Gasteiger partial charge in [-0.1, -0.05) is 0 Å². The number of hydrogen-bond donors (Lipinski definition) is 1. The second kappa shape index (κ2) is 4.06. The Morgan fingerprint density at radius 1 is 1.47 bits per heavy atom. The molecule has 0 aromatic carbocycles. The molecular formula is C11H17NO3. The zero-order chi connectivity index (χ0) is 11.6. The third kappa shape index (κ3) is 2.83. The van der Waals surface area contributed by atoms with E-state index in [-0.39, 0.29) is 6.73 Å². The van der Waals surface area contributed by atoms with Crippen LogP contribution in [0, 0.1) is 6.92 Å². The SMILES string of the molecule is Cc1ccc(C(=O)OC(C)(C)C)n1CO. The lowest BCUT2D eigenvalue weighted by Crippen LogP contribution is -2.25. The molecule has 0 saturated carbocycles. The molecule has 15 heavy (non-hydrogen) atoms. The quantitative estimate of drug-likeness (QED) is 0.757. The van der Waals surface area contributed by atoms with Gasteiger partial charge in [0.1, 0.15) is 18.0 Å². The number of carbonyl (C=O) groups excluding carboxylic acids is 1. The molecule has 0 spiro atoms. The maximum Gasteiger partial charge on any atom is 0.355 e. The Morgan fingerprint density at radius 3 is 2.53 bits per heavy atom. The number of rotatable bonds is 2. The topological polar surface area (TPSA) is 51.5 Å². The monoisotopic (exact) mass is 211 g/mol. The highest BCUT2D eigenvalue weighted by molar-refractivity contribution is 5.88.